The van der Waals surface area contributed by atoms with Gasteiger partial charge in [0.1, 0.15) is 11.8 Å². The molecule has 0 radical (unpaired) electrons. The number of ether oxygens (including phenoxy) is 1. The molecule has 2 heterocycles. The fourth-order valence-electron chi connectivity index (χ4n) is 3.67. The zero-order chi connectivity index (χ0) is 23.4. The lowest BCUT2D eigenvalue weighted by Gasteiger charge is -2.19. The van der Waals surface area contributed by atoms with Gasteiger partial charge in [-0.05, 0) is 23.8 Å². The summed E-state index contributed by atoms with van der Waals surface area (Å²) in [6, 6.07) is 16.4. The van der Waals surface area contributed by atoms with Gasteiger partial charge in [0, 0.05) is 41.1 Å². The summed E-state index contributed by atoms with van der Waals surface area (Å²) in [6.07, 6.45) is 2.22. The number of nitrogens with zero attached hydrogens (tertiary/aromatic N) is 1. The van der Waals surface area contributed by atoms with Crippen LogP contribution in [0.3, 0.4) is 0 Å². The Kier molecular flexibility index (Phi) is 6.44. The second kappa shape index (κ2) is 9.60. The van der Waals surface area contributed by atoms with Crippen molar-refractivity contribution in [2.75, 3.05) is 12.4 Å². The summed E-state index contributed by atoms with van der Waals surface area (Å²) < 4.78 is 5.40. The van der Waals surface area contributed by atoms with Crippen molar-refractivity contribution >= 4 is 28.5 Å². The number of para-hydroxylation sites is 2. The van der Waals surface area contributed by atoms with Gasteiger partial charge in [-0.1, -0.05) is 44.2 Å². The monoisotopic (exact) mass is 445 g/mol. The predicted molar refractivity (Wildman–Crippen MR) is 128 cm³/mol. The predicted octanol–water partition coefficient (Wildman–Crippen LogP) is 3.89. The molecule has 4 rings (SSSR count). The van der Waals surface area contributed by atoms with E-state index in [2.05, 4.69) is 25.8 Å². The van der Waals surface area contributed by atoms with Crippen molar-refractivity contribution in [2.24, 2.45) is 5.92 Å². The number of aromatic nitrogens is 3. The average Bonchev–Trinajstić information content (AvgIpc) is 3.45. The molecule has 33 heavy (non-hydrogen) atoms. The lowest BCUT2D eigenvalue weighted by atomic mass is 10.0. The third kappa shape index (κ3) is 4.90. The summed E-state index contributed by atoms with van der Waals surface area (Å²) in [7, 11) is 1.60. The number of fused-ring (bicyclic) bond motifs is 1. The maximum absolute atomic E-state index is 13.2. The van der Waals surface area contributed by atoms with Gasteiger partial charge in [-0.3, -0.25) is 14.7 Å². The van der Waals surface area contributed by atoms with Crippen LogP contribution in [0, 0.1) is 5.92 Å². The molecule has 1 unspecified atom stereocenters. The highest BCUT2D eigenvalue weighted by Gasteiger charge is 2.24. The van der Waals surface area contributed by atoms with E-state index in [9.17, 15) is 9.59 Å². The largest absolute Gasteiger partial charge is 0.496 e. The minimum Gasteiger partial charge on any atom is -0.496 e. The first-order valence-corrected chi connectivity index (χ1v) is 10.8. The van der Waals surface area contributed by atoms with Crippen LogP contribution in [0.15, 0.2) is 60.8 Å². The van der Waals surface area contributed by atoms with Crippen LogP contribution in [0.25, 0.3) is 22.2 Å². The third-order valence-electron chi connectivity index (χ3n) is 5.48. The third-order valence-corrected chi connectivity index (χ3v) is 5.48. The molecular formula is C25H27N5O3. The van der Waals surface area contributed by atoms with Gasteiger partial charge in [-0.15, -0.1) is 0 Å². The van der Waals surface area contributed by atoms with Crippen molar-refractivity contribution in [3.05, 3.63) is 66.4 Å². The molecule has 8 heteroatoms. The number of benzene rings is 2. The molecule has 0 saturated carbocycles. The number of rotatable bonds is 8. The number of nitrogens with one attached hydrogen (secondary N) is 4. The first-order chi connectivity index (χ1) is 16.0. The summed E-state index contributed by atoms with van der Waals surface area (Å²) in [5.41, 5.74) is 3.47. The fraction of sp³-hybridized carbons (Fsp3) is 0.240. The average molecular weight is 446 g/mol. The number of methoxy groups -OCH3 is 1. The Morgan fingerprint density at radius 2 is 1.82 bits per heavy atom. The normalized spacial score (nSPS) is 12.0. The first-order valence-electron chi connectivity index (χ1n) is 10.8. The van der Waals surface area contributed by atoms with Gasteiger partial charge in [0.25, 0.3) is 0 Å². The van der Waals surface area contributed by atoms with Gasteiger partial charge in [0.15, 0.2) is 5.82 Å². The molecule has 2 aromatic heterocycles. The Morgan fingerprint density at radius 1 is 1.06 bits per heavy atom. The molecule has 4 aromatic rings. The van der Waals surface area contributed by atoms with Crippen molar-refractivity contribution in [3.63, 3.8) is 0 Å². The van der Waals surface area contributed by atoms with E-state index in [1.807, 2.05) is 54.7 Å². The standard InChI is InChI=1S/C25H27N5O3/c1-15(2)24(31)27-21(12-16-14-26-19-10-6-4-8-17(16)19)25(32)28-23-13-20(29-30-23)18-9-5-7-11-22(18)33-3/h4-11,13-15,21,26H,12H2,1-3H3,(H,27,31)(H2,28,29,30,32). The summed E-state index contributed by atoms with van der Waals surface area (Å²) in [5.74, 6) is 0.286. The van der Waals surface area contributed by atoms with Crippen molar-refractivity contribution in [1.82, 2.24) is 20.5 Å². The van der Waals surface area contributed by atoms with Gasteiger partial charge in [-0.25, -0.2) is 0 Å². The quantitative estimate of drug-likeness (QED) is 0.330. The molecule has 170 valence electrons. The van der Waals surface area contributed by atoms with E-state index >= 15 is 0 Å². The van der Waals surface area contributed by atoms with Crippen molar-refractivity contribution < 1.29 is 14.3 Å². The smallest absolute Gasteiger partial charge is 0.248 e. The Bertz CT molecular complexity index is 1270. The number of amides is 2. The minimum absolute atomic E-state index is 0.188. The van der Waals surface area contributed by atoms with Crippen LogP contribution in [-0.4, -0.2) is 40.1 Å². The number of carbonyl (C=O) groups excluding carboxylic acids is 2. The summed E-state index contributed by atoms with van der Waals surface area (Å²) in [5, 5.41) is 13.9. The van der Waals surface area contributed by atoms with Crippen LogP contribution >= 0.6 is 0 Å². The van der Waals surface area contributed by atoms with Gasteiger partial charge in [-0.2, -0.15) is 5.10 Å². The van der Waals surface area contributed by atoms with Crippen molar-refractivity contribution in [2.45, 2.75) is 26.3 Å². The second-order valence-electron chi connectivity index (χ2n) is 8.14. The number of H-pyrrole nitrogens is 2. The molecule has 2 aromatic carbocycles. The van der Waals surface area contributed by atoms with Crippen LogP contribution in [0.4, 0.5) is 5.82 Å². The van der Waals surface area contributed by atoms with Crippen molar-refractivity contribution in [3.8, 4) is 17.0 Å². The van der Waals surface area contributed by atoms with E-state index in [-0.39, 0.29) is 17.7 Å². The van der Waals surface area contributed by atoms with Gasteiger partial charge in [0.05, 0.1) is 12.8 Å². The molecule has 0 aliphatic carbocycles. The summed E-state index contributed by atoms with van der Waals surface area (Å²) in [4.78, 5) is 28.8. The van der Waals surface area contributed by atoms with Crippen LogP contribution < -0.4 is 15.4 Å². The van der Waals surface area contributed by atoms with Gasteiger partial charge >= 0.3 is 0 Å². The van der Waals surface area contributed by atoms with Crippen LogP contribution in [0.2, 0.25) is 0 Å². The number of anilines is 1. The molecule has 0 aliphatic rings. The topological polar surface area (TPSA) is 112 Å². The number of aromatic amines is 2. The summed E-state index contributed by atoms with van der Waals surface area (Å²) >= 11 is 0. The molecule has 0 saturated heterocycles. The molecule has 0 aliphatic heterocycles. The fourth-order valence-corrected chi connectivity index (χ4v) is 3.67. The van der Waals surface area contributed by atoms with Crippen LogP contribution in [0.1, 0.15) is 19.4 Å². The van der Waals surface area contributed by atoms with E-state index < -0.39 is 6.04 Å². The highest BCUT2D eigenvalue weighted by Crippen LogP contribution is 2.29. The molecule has 2 amide bonds. The zero-order valence-corrected chi connectivity index (χ0v) is 18.8. The van der Waals surface area contributed by atoms with Crippen molar-refractivity contribution in [1.29, 1.82) is 0 Å². The zero-order valence-electron chi connectivity index (χ0n) is 18.8. The lowest BCUT2D eigenvalue weighted by molar-refractivity contribution is -0.128. The minimum atomic E-state index is -0.759. The maximum atomic E-state index is 13.2. The Hall–Kier alpha value is -4.07. The van der Waals surface area contributed by atoms with E-state index in [1.54, 1.807) is 27.0 Å². The van der Waals surface area contributed by atoms with E-state index in [1.165, 1.54) is 0 Å². The lowest BCUT2D eigenvalue weighted by Crippen LogP contribution is -2.46. The molecular weight excluding hydrogens is 418 g/mol. The number of carbonyl (C=O) groups is 2. The second-order valence-corrected chi connectivity index (χ2v) is 8.14. The van der Waals surface area contributed by atoms with Crippen LogP contribution in [0.5, 0.6) is 5.75 Å². The molecule has 1 atom stereocenters. The molecule has 4 N–H and O–H groups in total. The number of hydrogen-bond acceptors (Lipinski definition) is 4. The van der Waals surface area contributed by atoms with E-state index in [0.717, 1.165) is 22.0 Å². The Balaban J connectivity index is 1.55. The molecule has 0 spiro atoms. The highest BCUT2D eigenvalue weighted by atomic mass is 16.5. The molecule has 0 fully saturated rings. The van der Waals surface area contributed by atoms with Crippen LogP contribution in [-0.2, 0) is 16.0 Å². The Morgan fingerprint density at radius 3 is 2.61 bits per heavy atom. The summed E-state index contributed by atoms with van der Waals surface area (Å²) in [6.45, 7) is 3.59. The highest BCUT2D eigenvalue weighted by molar-refractivity contribution is 5.98. The Labute approximate surface area is 191 Å². The van der Waals surface area contributed by atoms with E-state index in [0.29, 0.717) is 23.7 Å². The van der Waals surface area contributed by atoms with Gasteiger partial charge < -0.3 is 20.4 Å². The SMILES string of the molecule is COc1ccccc1-c1cc(NC(=O)C(Cc2c[nH]c3ccccc23)NC(=O)C(C)C)n[nH]1. The number of hydrogen-bond donors (Lipinski definition) is 4. The molecule has 0 bridgehead atoms. The molecule has 8 nitrogen and oxygen atoms in total. The van der Waals surface area contributed by atoms with E-state index in [4.69, 9.17) is 4.74 Å². The van der Waals surface area contributed by atoms with Gasteiger partial charge in [0.2, 0.25) is 11.8 Å². The first kappa shape index (κ1) is 22.1. The maximum Gasteiger partial charge on any atom is 0.248 e.